The fraction of sp³-hybridized carbons (Fsp3) is 0.375. The molecule has 4 N–H and O–H groups in total. The van der Waals surface area contributed by atoms with Gasteiger partial charge in [-0.25, -0.2) is 9.97 Å². The van der Waals surface area contributed by atoms with Crippen LogP contribution < -0.4 is 11.5 Å². The molecule has 0 aliphatic rings. The third-order valence-corrected chi connectivity index (χ3v) is 3.15. The van der Waals surface area contributed by atoms with Crippen LogP contribution in [0.2, 0.25) is 0 Å². The largest absolute Gasteiger partial charge is 0.384 e. The molecule has 0 fully saturated rings. The van der Waals surface area contributed by atoms with Crippen molar-refractivity contribution in [2.24, 2.45) is 0 Å². The van der Waals surface area contributed by atoms with Crippen molar-refractivity contribution in [3.8, 4) is 11.4 Å². The Kier molecular flexibility index (Phi) is 4.56. The van der Waals surface area contributed by atoms with E-state index in [9.17, 15) is 0 Å². The van der Waals surface area contributed by atoms with Gasteiger partial charge in [-0.3, -0.25) is 0 Å². The van der Waals surface area contributed by atoms with Crippen molar-refractivity contribution in [3.63, 3.8) is 0 Å². The van der Waals surface area contributed by atoms with Crippen LogP contribution in [0.1, 0.15) is 37.8 Å². The molecule has 0 saturated heterocycles. The van der Waals surface area contributed by atoms with Gasteiger partial charge in [-0.1, -0.05) is 26.7 Å². The van der Waals surface area contributed by atoms with Crippen LogP contribution in [-0.2, 0) is 12.8 Å². The lowest BCUT2D eigenvalue weighted by Gasteiger charge is -2.08. The van der Waals surface area contributed by atoms with Gasteiger partial charge in [0.15, 0.2) is 0 Å². The molecule has 0 saturated carbocycles. The molecular formula is C16H22N4. The lowest BCUT2D eigenvalue weighted by molar-refractivity contribution is 0.916. The SMILES string of the molecule is CCCc1cc(N)nc(-c2cc(CCC)cc(N)n2)c1. The van der Waals surface area contributed by atoms with E-state index >= 15 is 0 Å². The Labute approximate surface area is 120 Å². The molecular weight excluding hydrogens is 248 g/mol. The summed E-state index contributed by atoms with van der Waals surface area (Å²) in [4.78, 5) is 8.78. The van der Waals surface area contributed by atoms with Crippen LogP contribution in [0.4, 0.5) is 11.6 Å². The minimum atomic E-state index is 0.534. The Balaban J connectivity index is 2.44. The van der Waals surface area contributed by atoms with Crippen molar-refractivity contribution < 1.29 is 0 Å². The highest BCUT2D eigenvalue weighted by atomic mass is 14.9. The molecule has 0 aliphatic carbocycles. The zero-order valence-electron chi connectivity index (χ0n) is 12.2. The number of nitrogens with two attached hydrogens (primary N) is 2. The summed E-state index contributed by atoms with van der Waals surface area (Å²) in [6, 6.07) is 7.95. The Bertz CT molecular complexity index is 540. The van der Waals surface area contributed by atoms with Crippen LogP contribution in [-0.4, -0.2) is 9.97 Å². The van der Waals surface area contributed by atoms with Crippen LogP contribution in [0.25, 0.3) is 11.4 Å². The summed E-state index contributed by atoms with van der Waals surface area (Å²) >= 11 is 0. The van der Waals surface area contributed by atoms with Crippen LogP contribution in [0.15, 0.2) is 24.3 Å². The summed E-state index contributed by atoms with van der Waals surface area (Å²) < 4.78 is 0. The Morgan fingerprint density at radius 1 is 0.750 bits per heavy atom. The van der Waals surface area contributed by atoms with Gasteiger partial charge in [-0.2, -0.15) is 0 Å². The maximum Gasteiger partial charge on any atom is 0.124 e. The second-order valence-electron chi connectivity index (χ2n) is 5.07. The molecule has 0 amide bonds. The van der Waals surface area contributed by atoms with Crippen LogP contribution in [0.3, 0.4) is 0 Å². The maximum atomic E-state index is 5.89. The number of aryl methyl sites for hydroxylation is 2. The number of hydrogen-bond acceptors (Lipinski definition) is 4. The van der Waals surface area contributed by atoms with Crippen LogP contribution >= 0.6 is 0 Å². The normalized spacial score (nSPS) is 10.7. The number of nitrogens with zero attached hydrogens (tertiary/aromatic N) is 2. The first-order chi connectivity index (χ1) is 9.62. The van der Waals surface area contributed by atoms with E-state index in [1.165, 1.54) is 11.1 Å². The predicted octanol–water partition coefficient (Wildman–Crippen LogP) is 3.21. The van der Waals surface area contributed by atoms with Gasteiger partial charge in [0.05, 0.1) is 11.4 Å². The molecule has 0 aliphatic heterocycles. The van der Waals surface area contributed by atoms with Gasteiger partial charge in [-0.15, -0.1) is 0 Å². The van der Waals surface area contributed by atoms with E-state index in [2.05, 4.69) is 35.9 Å². The van der Waals surface area contributed by atoms with E-state index in [1.807, 2.05) is 12.1 Å². The van der Waals surface area contributed by atoms with Gasteiger partial charge >= 0.3 is 0 Å². The highest BCUT2D eigenvalue weighted by Gasteiger charge is 2.07. The molecule has 0 spiro atoms. The first-order valence-electron chi connectivity index (χ1n) is 7.15. The number of nitrogen functional groups attached to an aromatic ring is 2. The molecule has 0 aromatic carbocycles. The van der Waals surface area contributed by atoms with Crippen LogP contribution in [0, 0.1) is 0 Å². The van der Waals surface area contributed by atoms with E-state index in [0.717, 1.165) is 37.1 Å². The van der Waals surface area contributed by atoms with E-state index in [1.54, 1.807) is 0 Å². The molecule has 2 rings (SSSR count). The van der Waals surface area contributed by atoms with Crippen molar-refractivity contribution in [2.75, 3.05) is 11.5 Å². The highest BCUT2D eigenvalue weighted by molar-refractivity contribution is 5.61. The average Bonchev–Trinajstić information content (AvgIpc) is 2.38. The smallest absolute Gasteiger partial charge is 0.124 e. The number of hydrogen-bond donors (Lipinski definition) is 2. The molecule has 20 heavy (non-hydrogen) atoms. The standard InChI is InChI=1S/C16H22N4/c1-3-5-11-7-13(19-15(17)9-11)14-8-12(6-4-2)10-16(18)20-14/h7-10H,3-6H2,1-2H3,(H2,17,19)(H2,18,20). The molecule has 0 atom stereocenters. The molecule has 2 aromatic rings. The number of pyridine rings is 2. The van der Waals surface area contributed by atoms with E-state index in [-0.39, 0.29) is 0 Å². The van der Waals surface area contributed by atoms with Gasteiger partial charge in [0.25, 0.3) is 0 Å². The fourth-order valence-corrected chi connectivity index (χ4v) is 2.35. The summed E-state index contributed by atoms with van der Waals surface area (Å²) in [5, 5.41) is 0. The summed E-state index contributed by atoms with van der Waals surface area (Å²) in [5.74, 6) is 1.07. The summed E-state index contributed by atoms with van der Waals surface area (Å²) in [6.45, 7) is 4.29. The maximum absolute atomic E-state index is 5.89. The molecule has 2 heterocycles. The predicted molar refractivity (Wildman–Crippen MR) is 84.3 cm³/mol. The van der Waals surface area contributed by atoms with Crippen LogP contribution in [0.5, 0.6) is 0 Å². The second kappa shape index (κ2) is 6.37. The third-order valence-electron chi connectivity index (χ3n) is 3.15. The molecule has 0 bridgehead atoms. The first kappa shape index (κ1) is 14.3. The zero-order valence-corrected chi connectivity index (χ0v) is 12.2. The molecule has 106 valence electrons. The summed E-state index contributed by atoms with van der Waals surface area (Å²) in [5.41, 5.74) is 15.8. The molecule has 0 unspecified atom stereocenters. The lowest BCUT2D eigenvalue weighted by Crippen LogP contribution is -2.00. The second-order valence-corrected chi connectivity index (χ2v) is 5.07. The summed E-state index contributed by atoms with van der Waals surface area (Å²) in [7, 11) is 0. The van der Waals surface area contributed by atoms with E-state index in [0.29, 0.717) is 11.6 Å². The monoisotopic (exact) mass is 270 g/mol. The molecule has 2 aromatic heterocycles. The number of anilines is 2. The van der Waals surface area contributed by atoms with Gasteiger partial charge in [-0.05, 0) is 48.2 Å². The highest BCUT2D eigenvalue weighted by Crippen LogP contribution is 2.22. The minimum Gasteiger partial charge on any atom is -0.384 e. The molecule has 0 radical (unpaired) electrons. The zero-order chi connectivity index (χ0) is 14.5. The van der Waals surface area contributed by atoms with E-state index < -0.39 is 0 Å². The third kappa shape index (κ3) is 3.47. The topological polar surface area (TPSA) is 77.8 Å². The van der Waals surface area contributed by atoms with Gasteiger partial charge in [0.2, 0.25) is 0 Å². The van der Waals surface area contributed by atoms with Gasteiger partial charge in [0, 0.05) is 0 Å². The first-order valence-corrected chi connectivity index (χ1v) is 7.15. The van der Waals surface area contributed by atoms with Crippen molar-refractivity contribution in [3.05, 3.63) is 35.4 Å². The van der Waals surface area contributed by atoms with Crippen molar-refractivity contribution >= 4 is 11.6 Å². The Hall–Kier alpha value is -2.10. The van der Waals surface area contributed by atoms with Gasteiger partial charge in [0.1, 0.15) is 11.6 Å². The van der Waals surface area contributed by atoms with Gasteiger partial charge < -0.3 is 11.5 Å². The van der Waals surface area contributed by atoms with Crippen molar-refractivity contribution in [1.29, 1.82) is 0 Å². The molecule has 4 heteroatoms. The minimum absolute atomic E-state index is 0.534. The average molecular weight is 270 g/mol. The van der Waals surface area contributed by atoms with E-state index in [4.69, 9.17) is 11.5 Å². The number of rotatable bonds is 5. The number of aromatic nitrogens is 2. The van der Waals surface area contributed by atoms with Crippen molar-refractivity contribution in [1.82, 2.24) is 9.97 Å². The summed E-state index contributed by atoms with van der Waals surface area (Å²) in [6.07, 6.45) is 4.14. The lowest BCUT2D eigenvalue weighted by atomic mass is 10.1. The Morgan fingerprint density at radius 2 is 1.15 bits per heavy atom. The fourth-order valence-electron chi connectivity index (χ4n) is 2.35. The quantitative estimate of drug-likeness (QED) is 0.874. The molecule has 4 nitrogen and oxygen atoms in total. The van der Waals surface area contributed by atoms with Crippen molar-refractivity contribution in [2.45, 2.75) is 39.5 Å². The Morgan fingerprint density at radius 3 is 1.50 bits per heavy atom.